The summed E-state index contributed by atoms with van der Waals surface area (Å²) in [5, 5.41) is 6.00. The van der Waals surface area contributed by atoms with Crippen LogP contribution in [0.4, 0.5) is 4.79 Å². The highest BCUT2D eigenvalue weighted by molar-refractivity contribution is 6.07. The van der Waals surface area contributed by atoms with Gasteiger partial charge in [-0.3, -0.25) is 9.69 Å². The lowest BCUT2D eigenvalue weighted by Crippen LogP contribution is -2.57. The quantitative estimate of drug-likeness (QED) is 0.496. The first-order chi connectivity index (χ1) is 9.69. The standard InChI is InChI=1S/C13H23N3O4/c1-19-7-3-8-20-9-6-16-11(17)13(15-12(16)18)4-2-5-14-10-13/h14H,2-10H2,1H3,(H,15,18). The van der Waals surface area contributed by atoms with Crippen molar-refractivity contribution in [2.24, 2.45) is 0 Å². The zero-order chi connectivity index (χ0) is 14.4. The Bertz CT molecular complexity index is 356. The fourth-order valence-electron chi connectivity index (χ4n) is 2.64. The van der Waals surface area contributed by atoms with Crippen molar-refractivity contribution in [2.75, 3.05) is 46.6 Å². The molecule has 0 radical (unpaired) electrons. The van der Waals surface area contributed by atoms with Crippen molar-refractivity contribution in [3.8, 4) is 0 Å². The summed E-state index contributed by atoms with van der Waals surface area (Å²) in [6.07, 6.45) is 2.41. The molecule has 0 bridgehead atoms. The van der Waals surface area contributed by atoms with Crippen LogP contribution in [0.15, 0.2) is 0 Å². The third-order valence-electron chi connectivity index (χ3n) is 3.73. The van der Waals surface area contributed by atoms with Crippen LogP contribution in [0.1, 0.15) is 19.3 Å². The minimum absolute atomic E-state index is 0.129. The van der Waals surface area contributed by atoms with Crippen LogP contribution < -0.4 is 10.6 Å². The van der Waals surface area contributed by atoms with Gasteiger partial charge in [0.05, 0.1) is 13.2 Å². The Kier molecular flexibility index (Phi) is 5.33. The maximum atomic E-state index is 12.4. The fraction of sp³-hybridized carbons (Fsp3) is 0.846. The molecule has 2 fully saturated rings. The first kappa shape index (κ1) is 15.2. The van der Waals surface area contributed by atoms with E-state index in [0.29, 0.717) is 39.3 Å². The van der Waals surface area contributed by atoms with E-state index in [1.807, 2.05) is 0 Å². The second kappa shape index (κ2) is 7.01. The van der Waals surface area contributed by atoms with Gasteiger partial charge in [0.1, 0.15) is 5.54 Å². The molecule has 3 amide bonds. The first-order valence-corrected chi connectivity index (χ1v) is 7.11. The van der Waals surface area contributed by atoms with Crippen LogP contribution in [0.2, 0.25) is 0 Å². The van der Waals surface area contributed by atoms with Crippen LogP contribution in [0, 0.1) is 0 Å². The highest BCUT2D eigenvalue weighted by Crippen LogP contribution is 2.24. The molecule has 2 aliphatic heterocycles. The number of rotatable bonds is 7. The minimum atomic E-state index is -0.731. The zero-order valence-corrected chi connectivity index (χ0v) is 11.9. The van der Waals surface area contributed by atoms with E-state index in [0.717, 1.165) is 19.4 Å². The lowest BCUT2D eigenvalue weighted by atomic mass is 9.90. The second-order valence-corrected chi connectivity index (χ2v) is 5.21. The van der Waals surface area contributed by atoms with Gasteiger partial charge in [-0.15, -0.1) is 0 Å². The van der Waals surface area contributed by atoms with Gasteiger partial charge in [-0.05, 0) is 25.8 Å². The molecule has 2 saturated heterocycles. The van der Waals surface area contributed by atoms with E-state index in [1.165, 1.54) is 4.90 Å². The maximum Gasteiger partial charge on any atom is 0.325 e. The van der Waals surface area contributed by atoms with Crippen molar-refractivity contribution >= 4 is 11.9 Å². The van der Waals surface area contributed by atoms with Crippen LogP contribution in [-0.2, 0) is 14.3 Å². The van der Waals surface area contributed by atoms with Gasteiger partial charge in [-0.1, -0.05) is 0 Å². The van der Waals surface area contributed by atoms with E-state index in [2.05, 4.69) is 10.6 Å². The number of imide groups is 1. The highest BCUT2D eigenvalue weighted by Gasteiger charge is 2.51. The first-order valence-electron chi connectivity index (χ1n) is 7.11. The summed E-state index contributed by atoms with van der Waals surface area (Å²) in [6.45, 7) is 3.31. The summed E-state index contributed by atoms with van der Waals surface area (Å²) < 4.78 is 10.3. The normalized spacial score (nSPS) is 26.4. The summed E-state index contributed by atoms with van der Waals surface area (Å²) in [5.41, 5.74) is -0.731. The Morgan fingerprint density at radius 1 is 1.30 bits per heavy atom. The number of piperidine rings is 1. The van der Waals surface area contributed by atoms with Gasteiger partial charge in [0.15, 0.2) is 0 Å². The molecule has 20 heavy (non-hydrogen) atoms. The minimum Gasteiger partial charge on any atom is -0.385 e. The van der Waals surface area contributed by atoms with E-state index in [9.17, 15) is 9.59 Å². The molecule has 2 N–H and O–H groups in total. The largest absolute Gasteiger partial charge is 0.385 e. The summed E-state index contributed by atoms with van der Waals surface area (Å²) >= 11 is 0. The van der Waals surface area contributed by atoms with Crippen molar-refractivity contribution in [2.45, 2.75) is 24.8 Å². The Hall–Kier alpha value is -1.18. The van der Waals surface area contributed by atoms with Gasteiger partial charge in [0.25, 0.3) is 5.91 Å². The van der Waals surface area contributed by atoms with Crippen molar-refractivity contribution < 1.29 is 19.1 Å². The lowest BCUT2D eigenvalue weighted by molar-refractivity contribution is -0.132. The molecule has 7 heteroatoms. The molecule has 2 rings (SSSR count). The topological polar surface area (TPSA) is 79.9 Å². The molecule has 7 nitrogen and oxygen atoms in total. The lowest BCUT2D eigenvalue weighted by Gasteiger charge is -2.31. The number of urea groups is 1. The third-order valence-corrected chi connectivity index (χ3v) is 3.73. The molecular formula is C13H23N3O4. The summed E-state index contributed by atoms with van der Waals surface area (Å²) in [4.78, 5) is 25.6. The number of hydrogen-bond acceptors (Lipinski definition) is 5. The number of carbonyl (C=O) groups excluding carboxylic acids is 2. The van der Waals surface area contributed by atoms with Crippen LogP contribution in [-0.4, -0.2) is 68.9 Å². The number of nitrogens with one attached hydrogen (secondary N) is 2. The molecule has 1 unspecified atom stereocenters. The van der Waals surface area contributed by atoms with Gasteiger partial charge >= 0.3 is 6.03 Å². The predicted octanol–water partition coefficient (Wildman–Crippen LogP) is -0.286. The molecule has 1 spiro atoms. The average molecular weight is 285 g/mol. The highest BCUT2D eigenvalue weighted by atomic mass is 16.5. The number of amides is 3. The molecule has 1 atom stereocenters. The van der Waals surface area contributed by atoms with Gasteiger partial charge in [-0.25, -0.2) is 4.79 Å². The number of hydrogen-bond donors (Lipinski definition) is 2. The Balaban J connectivity index is 1.77. The van der Waals surface area contributed by atoms with Crippen molar-refractivity contribution in [1.29, 1.82) is 0 Å². The number of nitrogens with zero attached hydrogens (tertiary/aromatic N) is 1. The molecule has 114 valence electrons. The Labute approximate surface area is 119 Å². The zero-order valence-electron chi connectivity index (χ0n) is 11.9. The van der Waals surface area contributed by atoms with E-state index >= 15 is 0 Å². The molecule has 0 saturated carbocycles. The Morgan fingerprint density at radius 3 is 2.85 bits per heavy atom. The molecule has 0 aromatic carbocycles. The van der Waals surface area contributed by atoms with Gasteiger partial charge in [0, 0.05) is 26.9 Å². The predicted molar refractivity (Wildman–Crippen MR) is 72.4 cm³/mol. The van der Waals surface area contributed by atoms with Crippen molar-refractivity contribution in [1.82, 2.24) is 15.5 Å². The van der Waals surface area contributed by atoms with Crippen LogP contribution in [0.5, 0.6) is 0 Å². The average Bonchev–Trinajstić information content (AvgIpc) is 2.67. The van der Waals surface area contributed by atoms with E-state index < -0.39 is 5.54 Å². The monoisotopic (exact) mass is 285 g/mol. The molecule has 2 heterocycles. The second-order valence-electron chi connectivity index (χ2n) is 5.21. The number of ether oxygens (including phenoxy) is 2. The van der Waals surface area contributed by atoms with E-state index in [1.54, 1.807) is 7.11 Å². The van der Waals surface area contributed by atoms with E-state index in [-0.39, 0.29) is 11.9 Å². The van der Waals surface area contributed by atoms with Crippen LogP contribution >= 0.6 is 0 Å². The Morgan fingerprint density at radius 2 is 2.15 bits per heavy atom. The molecule has 2 aliphatic rings. The van der Waals surface area contributed by atoms with E-state index in [4.69, 9.17) is 9.47 Å². The smallest absolute Gasteiger partial charge is 0.325 e. The maximum absolute atomic E-state index is 12.4. The molecule has 0 aliphatic carbocycles. The molecule has 0 aromatic heterocycles. The third kappa shape index (κ3) is 3.28. The molecular weight excluding hydrogens is 262 g/mol. The molecule has 0 aromatic rings. The number of carbonyl (C=O) groups is 2. The summed E-state index contributed by atoms with van der Waals surface area (Å²) in [7, 11) is 1.64. The summed E-state index contributed by atoms with van der Waals surface area (Å²) in [5.74, 6) is -0.129. The van der Waals surface area contributed by atoms with Gasteiger partial charge in [0.2, 0.25) is 0 Å². The van der Waals surface area contributed by atoms with Crippen molar-refractivity contribution in [3.05, 3.63) is 0 Å². The summed E-state index contributed by atoms with van der Waals surface area (Å²) in [6, 6.07) is -0.306. The SMILES string of the molecule is COCCCOCCN1C(=O)NC2(CCCNC2)C1=O. The van der Waals surface area contributed by atoms with Crippen LogP contribution in [0.25, 0.3) is 0 Å². The van der Waals surface area contributed by atoms with Gasteiger partial charge in [-0.2, -0.15) is 0 Å². The number of methoxy groups -OCH3 is 1. The van der Waals surface area contributed by atoms with Crippen LogP contribution in [0.3, 0.4) is 0 Å². The van der Waals surface area contributed by atoms with Gasteiger partial charge < -0.3 is 20.1 Å². The fourth-order valence-corrected chi connectivity index (χ4v) is 2.64. The van der Waals surface area contributed by atoms with Crippen molar-refractivity contribution in [3.63, 3.8) is 0 Å².